The first-order valence-electron chi connectivity index (χ1n) is 12.6. The molecular formula is C27H28F3N7O. The summed E-state index contributed by atoms with van der Waals surface area (Å²) in [4.78, 5) is 36.5. The van der Waals surface area contributed by atoms with Gasteiger partial charge in [0.15, 0.2) is 0 Å². The Balaban J connectivity index is 1.21. The second kappa shape index (κ2) is 10.9. The van der Waals surface area contributed by atoms with Crippen molar-refractivity contribution < 1.29 is 18.0 Å². The van der Waals surface area contributed by atoms with E-state index in [0.29, 0.717) is 39.1 Å². The number of pyridine rings is 1. The number of aromatic amines is 1. The van der Waals surface area contributed by atoms with Crippen molar-refractivity contribution in [3.8, 4) is 11.3 Å². The van der Waals surface area contributed by atoms with Gasteiger partial charge in [-0.25, -0.2) is 15.0 Å². The molecule has 1 saturated heterocycles. The third kappa shape index (κ3) is 6.34. The monoisotopic (exact) mass is 523 g/mol. The lowest BCUT2D eigenvalue weighted by atomic mass is 10.1. The number of amides is 1. The van der Waals surface area contributed by atoms with Crippen LogP contribution in [0.2, 0.25) is 0 Å². The van der Waals surface area contributed by atoms with Crippen molar-refractivity contribution in [3.05, 3.63) is 71.7 Å². The van der Waals surface area contributed by atoms with Crippen LogP contribution in [-0.2, 0) is 24.2 Å². The number of nitrogens with one attached hydrogen (secondary N) is 1. The molecule has 5 rings (SSSR count). The van der Waals surface area contributed by atoms with Crippen LogP contribution in [0.3, 0.4) is 0 Å². The summed E-state index contributed by atoms with van der Waals surface area (Å²) in [7, 11) is 0. The lowest BCUT2D eigenvalue weighted by Gasteiger charge is -2.35. The molecule has 1 fully saturated rings. The van der Waals surface area contributed by atoms with E-state index in [9.17, 15) is 18.0 Å². The van der Waals surface area contributed by atoms with Crippen molar-refractivity contribution in [2.24, 2.45) is 0 Å². The molecule has 3 aromatic heterocycles. The van der Waals surface area contributed by atoms with Gasteiger partial charge in [-0.15, -0.1) is 0 Å². The smallest absolute Gasteiger partial charge is 0.342 e. The maximum Gasteiger partial charge on any atom is 0.397 e. The topological polar surface area (TPSA) is 90.9 Å². The van der Waals surface area contributed by atoms with Crippen molar-refractivity contribution in [1.82, 2.24) is 34.7 Å². The van der Waals surface area contributed by atoms with Gasteiger partial charge in [-0.1, -0.05) is 13.0 Å². The first kappa shape index (κ1) is 25.8. The quantitative estimate of drug-likeness (QED) is 0.391. The third-order valence-electron chi connectivity index (χ3n) is 6.63. The number of H-pyrrole nitrogens is 1. The van der Waals surface area contributed by atoms with E-state index in [4.69, 9.17) is 4.98 Å². The number of aryl methyl sites for hydroxylation is 1. The maximum atomic E-state index is 12.5. The summed E-state index contributed by atoms with van der Waals surface area (Å²) in [6, 6.07) is 12.0. The van der Waals surface area contributed by atoms with Crippen LogP contribution >= 0.6 is 0 Å². The molecule has 1 aliphatic rings. The van der Waals surface area contributed by atoms with Crippen LogP contribution < -0.4 is 0 Å². The zero-order valence-corrected chi connectivity index (χ0v) is 21.0. The molecule has 0 radical (unpaired) electrons. The normalized spacial score (nSPS) is 14.8. The summed E-state index contributed by atoms with van der Waals surface area (Å²) in [6.07, 6.45) is -1.15. The number of hydrogen-bond donors (Lipinski definition) is 1. The minimum absolute atomic E-state index is 0.294. The number of imidazole rings is 1. The highest BCUT2D eigenvalue weighted by Gasteiger charge is 2.34. The third-order valence-corrected chi connectivity index (χ3v) is 6.63. The van der Waals surface area contributed by atoms with E-state index < -0.39 is 18.5 Å². The van der Waals surface area contributed by atoms with Crippen LogP contribution in [0.4, 0.5) is 13.2 Å². The number of piperazine rings is 1. The lowest BCUT2D eigenvalue weighted by Crippen LogP contribution is -2.49. The van der Waals surface area contributed by atoms with E-state index in [0.717, 1.165) is 51.5 Å². The molecule has 0 saturated carbocycles. The Morgan fingerprint density at radius 2 is 1.82 bits per heavy atom. The van der Waals surface area contributed by atoms with E-state index in [-0.39, 0.29) is 0 Å². The van der Waals surface area contributed by atoms with Gasteiger partial charge in [0, 0.05) is 62.3 Å². The summed E-state index contributed by atoms with van der Waals surface area (Å²) in [5.74, 6) is -0.0559. The van der Waals surface area contributed by atoms with Crippen molar-refractivity contribution in [1.29, 1.82) is 0 Å². The molecule has 11 heteroatoms. The fraction of sp³-hybridized carbons (Fsp3) is 0.370. The highest BCUT2D eigenvalue weighted by atomic mass is 19.4. The molecule has 4 aromatic rings. The van der Waals surface area contributed by atoms with Crippen LogP contribution in [-0.4, -0.2) is 73.0 Å². The predicted molar refractivity (Wildman–Crippen MR) is 136 cm³/mol. The molecule has 0 bridgehead atoms. The van der Waals surface area contributed by atoms with Gasteiger partial charge in [-0.2, -0.15) is 13.2 Å². The zero-order chi connectivity index (χ0) is 26.7. The summed E-state index contributed by atoms with van der Waals surface area (Å²) in [5, 5.41) is 0. The fourth-order valence-electron chi connectivity index (χ4n) is 4.65. The Morgan fingerprint density at radius 1 is 1.00 bits per heavy atom. The Bertz CT molecular complexity index is 1430. The Kier molecular flexibility index (Phi) is 7.37. The summed E-state index contributed by atoms with van der Waals surface area (Å²) in [5.41, 5.74) is 6.55. The number of carbonyl (C=O) groups is 1. The van der Waals surface area contributed by atoms with Gasteiger partial charge in [-0.3, -0.25) is 14.7 Å². The molecular weight excluding hydrogens is 495 g/mol. The van der Waals surface area contributed by atoms with Gasteiger partial charge in [-0.05, 0) is 42.3 Å². The zero-order valence-electron chi connectivity index (χ0n) is 21.0. The molecule has 38 heavy (non-hydrogen) atoms. The number of aromatic nitrogens is 5. The number of halogens is 3. The predicted octanol–water partition coefficient (Wildman–Crippen LogP) is 4.16. The van der Waals surface area contributed by atoms with Gasteiger partial charge in [0.25, 0.3) is 0 Å². The van der Waals surface area contributed by atoms with Gasteiger partial charge < -0.3 is 9.88 Å². The minimum Gasteiger partial charge on any atom is -0.342 e. The largest absolute Gasteiger partial charge is 0.397 e. The van der Waals surface area contributed by atoms with E-state index in [1.807, 2.05) is 36.4 Å². The van der Waals surface area contributed by atoms with E-state index >= 15 is 0 Å². The number of alkyl halides is 3. The first-order valence-corrected chi connectivity index (χ1v) is 12.6. The maximum absolute atomic E-state index is 12.5. The van der Waals surface area contributed by atoms with Gasteiger partial charge in [0.05, 0.1) is 16.7 Å². The van der Waals surface area contributed by atoms with Crippen molar-refractivity contribution in [2.45, 2.75) is 38.9 Å². The highest BCUT2D eigenvalue weighted by molar-refractivity contribution is 5.81. The molecule has 1 aromatic carbocycles. The summed E-state index contributed by atoms with van der Waals surface area (Å²) < 4.78 is 37.6. The molecule has 1 aliphatic heterocycles. The highest BCUT2D eigenvalue weighted by Crippen LogP contribution is 2.24. The average Bonchev–Trinajstić information content (AvgIpc) is 3.30. The summed E-state index contributed by atoms with van der Waals surface area (Å²) >= 11 is 0. The van der Waals surface area contributed by atoms with Crippen LogP contribution in [0, 0.1) is 0 Å². The molecule has 8 nitrogen and oxygen atoms in total. The van der Waals surface area contributed by atoms with Crippen LogP contribution in [0.15, 0.2) is 48.9 Å². The number of rotatable bonds is 7. The second-order valence-corrected chi connectivity index (χ2v) is 9.44. The van der Waals surface area contributed by atoms with Crippen molar-refractivity contribution >= 4 is 16.9 Å². The molecule has 198 valence electrons. The molecule has 0 atom stereocenters. The van der Waals surface area contributed by atoms with Gasteiger partial charge >= 0.3 is 6.18 Å². The first-order chi connectivity index (χ1) is 18.3. The van der Waals surface area contributed by atoms with E-state index in [1.165, 1.54) is 4.90 Å². The number of hydrogen-bond acceptors (Lipinski definition) is 6. The SMILES string of the molecule is CCc1cc(-c2ccc3nc(Cc4cc(CN5CCN(C(=O)CC(F)(F)F)CC5)ccn4)[nH]c3c2)ncn1. The van der Waals surface area contributed by atoms with E-state index in [1.54, 1.807) is 12.5 Å². The fourth-order valence-corrected chi connectivity index (χ4v) is 4.65. The van der Waals surface area contributed by atoms with Crippen molar-refractivity contribution in [2.75, 3.05) is 26.2 Å². The molecule has 1 N–H and O–H groups in total. The van der Waals surface area contributed by atoms with Crippen molar-refractivity contribution in [3.63, 3.8) is 0 Å². The van der Waals surface area contributed by atoms with Crippen LogP contribution in [0.5, 0.6) is 0 Å². The molecule has 0 spiro atoms. The Hall–Kier alpha value is -3.86. The standard InChI is InChI=1S/C27H28F3N7O/c1-2-20-13-23(33-17-32-20)19-3-4-22-24(12-19)35-25(34-22)14-21-11-18(5-6-31-21)16-36-7-9-37(10-8-36)26(38)15-27(28,29)30/h3-6,11-13,17H,2,7-10,14-16H2,1H3,(H,34,35). The number of carbonyl (C=O) groups excluding carboxylic acids is 1. The molecule has 0 unspecified atom stereocenters. The Morgan fingerprint density at radius 3 is 2.58 bits per heavy atom. The second-order valence-electron chi connectivity index (χ2n) is 9.44. The number of benzene rings is 1. The average molecular weight is 524 g/mol. The minimum atomic E-state index is -4.47. The number of fused-ring (bicyclic) bond motifs is 1. The molecule has 0 aliphatic carbocycles. The van der Waals surface area contributed by atoms with Crippen LogP contribution in [0.1, 0.15) is 36.1 Å². The molecule has 4 heterocycles. The lowest BCUT2D eigenvalue weighted by molar-refractivity contribution is -0.162. The molecule has 1 amide bonds. The Labute approximate surface area is 218 Å². The van der Waals surface area contributed by atoms with Gasteiger partial charge in [0.1, 0.15) is 18.6 Å². The van der Waals surface area contributed by atoms with Gasteiger partial charge in [0.2, 0.25) is 5.91 Å². The number of nitrogens with zero attached hydrogens (tertiary/aromatic N) is 6. The van der Waals surface area contributed by atoms with Crippen LogP contribution in [0.25, 0.3) is 22.3 Å². The summed E-state index contributed by atoms with van der Waals surface area (Å²) in [6.45, 7) is 4.34. The van der Waals surface area contributed by atoms with E-state index in [2.05, 4.69) is 31.8 Å².